The number of rotatable bonds is 3. The summed E-state index contributed by atoms with van der Waals surface area (Å²) in [6, 6.07) is 5.69. The van der Waals surface area contributed by atoms with Crippen LogP contribution in [0.3, 0.4) is 0 Å². The zero-order chi connectivity index (χ0) is 13.1. The third-order valence-corrected chi connectivity index (χ3v) is 3.51. The maximum Gasteiger partial charge on any atom is 0.161 e. The van der Waals surface area contributed by atoms with E-state index in [1.807, 2.05) is 18.2 Å². The summed E-state index contributed by atoms with van der Waals surface area (Å²) in [6.07, 6.45) is -0.179. The minimum absolute atomic E-state index is 0.00241. The summed E-state index contributed by atoms with van der Waals surface area (Å²) < 4.78 is 6.31. The number of nitrogens with zero attached hydrogens (tertiary/aromatic N) is 1. The van der Waals surface area contributed by atoms with Gasteiger partial charge in [-0.2, -0.15) is 0 Å². The van der Waals surface area contributed by atoms with Gasteiger partial charge in [-0.25, -0.2) is 0 Å². The molecule has 0 radical (unpaired) electrons. The van der Waals surface area contributed by atoms with E-state index >= 15 is 0 Å². The van der Waals surface area contributed by atoms with Crippen LogP contribution < -0.4 is 4.90 Å². The van der Waals surface area contributed by atoms with Gasteiger partial charge in [0.1, 0.15) is 0 Å². The van der Waals surface area contributed by atoms with Gasteiger partial charge in [0.25, 0.3) is 0 Å². The SMILES string of the molecule is CC(=O)c1cc(Br)ccc1N1CCOC(CO)C1. The van der Waals surface area contributed by atoms with E-state index in [2.05, 4.69) is 20.8 Å². The third-order valence-electron chi connectivity index (χ3n) is 3.02. The molecule has 1 atom stereocenters. The van der Waals surface area contributed by atoms with Crippen LogP contribution in [0.4, 0.5) is 5.69 Å². The molecule has 0 amide bonds. The molecule has 1 fully saturated rings. The standard InChI is InChI=1S/C13H16BrNO3/c1-9(17)12-6-10(14)2-3-13(12)15-4-5-18-11(7-15)8-16/h2-3,6,11,16H,4-5,7-8H2,1H3. The van der Waals surface area contributed by atoms with E-state index in [4.69, 9.17) is 9.84 Å². The van der Waals surface area contributed by atoms with E-state index in [9.17, 15) is 4.79 Å². The van der Waals surface area contributed by atoms with Gasteiger partial charge in [-0.15, -0.1) is 0 Å². The van der Waals surface area contributed by atoms with Crippen LogP contribution in [0.25, 0.3) is 0 Å². The second-order valence-electron chi connectivity index (χ2n) is 4.34. The number of anilines is 1. The van der Waals surface area contributed by atoms with Gasteiger partial charge in [-0.1, -0.05) is 15.9 Å². The number of Topliss-reactive ketones (excluding diaryl/α,β-unsaturated/α-hetero) is 1. The van der Waals surface area contributed by atoms with Crippen LogP contribution in [0.2, 0.25) is 0 Å². The van der Waals surface area contributed by atoms with Gasteiger partial charge in [0.05, 0.1) is 19.3 Å². The van der Waals surface area contributed by atoms with Crippen molar-refractivity contribution >= 4 is 27.4 Å². The van der Waals surface area contributed by atoms with E-state index < -0.39 is 0 Å². The minimum Gasteiger partial charge on any atom is -0.394 e. The summed E-state index contributed by atoms with van der Waals surface area (Å²) in [5, 5.41) is 9.15. The highest BCUT2D eigenvalue weighted by Crippen LogP contribution is 2.26. The van der Waals surface area contributed by atoms with Crippen LogP contribution in [0, 0.1) is 0 Å². The van der Waals surface area contributed by atoms with E-state index in [0.717, 1.165) is 16.7 Å². The Morgan fingerprint density at radius 3 is 3.06 bits per heavy atom. The van der Waals surface area contributed by atoms with Crippen molar-refractivity contribution in [2.45, 2.75) is 13.0 Å². The first-order valence-corrected chi connectivity index (χ1v) is 6.69. The summed E-state index contributed by atoms with van der Waals surface area (Å²) in [4.78, 5) is 13.8. The molecule has 0 aromatic heterocycles. The average Bonchev–Trinajstić information content (AvgIpc) is 2.38. The van der Waals surface area contributed by atoms with Crippen LogP contribution in [-0.2, 0) is 4.74 Å². The molecule has 2 rings (SSSR count). The van der Waals surface area contributed by atoms with Crippen molar-refractivity contribution in [1.29, 1.82) is 0 Å². The lowest BCUT2D eigenvalue weighted by atomic mass is 10.1. The zero-order valence-corrected chi connectivity index (χ0v) is 11.8. The van der Waals surface area contributed by atoms with Crippen LogP contribution in [0.1, 0.15) is 17.3 Å². The van der Waals surface area contributed by atoms with Gasteiger partial charge in [0, 0.05) is 28.8 Å². The highest BCUT2D eigenvalue weighted by Gasteiger charge is 2.22. The molecule has 4 nitrogen and oxygen atoms in total. The average molecular weight is 314 g/mol. The molecular formula is C13H16BrNO3. The van der Waals surface area contributed by atoms with E-state index in [1.54, 1.807) is 6.92 Å². The van der Waals surface area contributed by atoms with Crippen molar-refractivity contribution in [3.8, 4) is 0 Å². The number of morpholine rings is 1. The monoisotopic (exact) mass is 313 g/mol. The van der Waals surface area contributed by atoms with Crippen LogP contribution >= 0.6 is 15.9 Å². The summed E-state index contributed by atoms with van der Waals surface area (Å²) in [6.45, 7) is 3.48. The number of hydrogen-bond donors (Lipinski definition) is 1. The molecule has 0 spiro atoms. The molecule has 0 bridgehead atoms. The smallest absolute Gasteiger partial charge is 0.161 e. The second kappa shape index (κ2) is 5.82. The van der Waals surface area contributed by atoms with Gasteiger partial charge >= 0.3 is 0 Å². The highest BCUT2D eigenvalue weighted by molar-refractivity contribution is 9.10. The minimum atomic E-state index is -0.179. The Hall–Kier alpha value is -0.910. The Morgan fingerprint density at radius 2 is 2.39 bits per heavy atom. The predicted octanol–water partition coefficient (Wildman–Crippen LogP) is 1.85. The molecule has 1 aromatic carbocycles. The number of carbonyl (C=O) groups excluding carboxylic acids is 1. The van der Waals surface area contributed by atoms with Crippen molar-refractivity contribution in [3.05, 3.63) is 28.2 Å². The van der Waals surface area contributed by atoms with Crippen LogP contribution in [0.5, 0.6) is 0 Å². The maximum absolute atomic E-state index is 11.7. The number of aliphatic hydroxyl groups excluding tert-OH is 1. The molecule has 98 valence electrons. The summed E-state index contributed by atoms with van der Waals surface area (Å²) in [5.74, 6) is 0.0401. The number of hydrogen-bond acceptors (Lipinski definition) is 4. The molecule has 0 aliphatic carbocycles. The van der Waals surface area contributed by atoms with Crippen molar-refractivity contribution in [1.82, 2.24) is 0 Å². The van der Waals surface area contributed by atoms with Crippen molar-refractivity contribution in [3.63, 3.8) is 0 Å². The lowest BCUT2D eigenvalue weighted by Crippen LogP contribution is -2.44. The topological polar surface area (TPSA) is 49.8 Å². The van der Waals surface area contributed by atoms with E-state index in [0.29, 0.717) is 18.7 Å². The molecule has 1 N–H and O–H groups in total. The molecule has 1 aromatic rings. The van der Waals surface area contributed by atoms with Gasteiger partial charge in [0.15, 0.2) is 5.78 Å². The number of ketones is 1. The summed E-state index contributed by atoms with van der Waals surface area (Å²) in [7, 11) is 0. The number of ether oxygens (including phenoxy) is 1. The normalized spacial score (nSPS) is 19.9. The number of aliphatic hydroxyl groups is 1. The molecule has 0 saturated carbocycles. The van der Waals surface area contributed by atoms with Gasteiger partial charge in [-0.05, 0) is 25.1 Å². The molecule has 18 heavy (non-hydrogen) atoms. The Kier molecular flexibility index (Phi) is 4.37. The molecular weight excluding hydrogens is 298 g/mol. The largest absolute Gasteiger partial charge is 0.394 e. The van der Waals surface area contributed by atoms with Gasteiger partial charge < -0.3 is 14.7 Å². The molecule has 5 heteroatoms. The number of benzene rings is 1. The number of carbonyl (C=O) groups is 1. The fourth-order valence-electron chi connectivity index (χ4n) is 2.11. The quantitative estimate of drug-likeness (QED) is 0.865. The zero-order valence-electron chi connectivity index (χ0n) is 10.2. The molecule has 1 aliphatic rings. The number of halogens is 1. The van der Waals surface area contributed by atoms with Crippen molar-refractivity contribution < 1.29 is 14.6 Å². The first-order valence-electron chi connectivity index (χ1n) is 5.89. The predicted molar refractivity (Wildman–Crippen MR) is 73.2 cm³/mol. The lowest BCUT2D eigenvalue weighted by molar-refractivity contribution is 0.00353. The molecule has 1 unspecified atom stereocenters. The maximum atomic E-state index is 11.7. The fraction of sp³-hybridized carbons (Fsp3) is 0.462. The summed E-state index contributed by atoms with van der Waals surface area (Å²) >= 11 is 3.38. The van der Waals surface area contributed by atoms with Gasteiger partial charge in [-0.3, -0.25) is 4.79 Å². The van der Waals surface area contributed by atoms with E-state index in [-0.39, 0.29) is 18.5 Å². The third kappa shape index (κ3) is 2.91. The first-order chi connectivity index (χ1) is 8.61. The summed E-state index contributed by atoms with van der Waals surface area (Å²) in [5.41, 5.74) is 1.61. The fourth-order valence-corrected chi connectivity index (χ4v) is 2.48. The highest BCUT2D eigenvalue weighted by atomic mass is 79.9. The Labute approximate surface area is 115 Å². The lowest BCUT2D eigenvalue weighted by Gasteiger charge is -2.34. The van der Waals surface area contributed by atoms with Crippen LogP contribution in [-0.4, -0.2) is 43.3 Å². The van der Waals surface area contributed by atoms with E-state index in [1.165, 1.54) is 0 Å². The van der Waals surface area contributed by atoms with Gasteiger partial charge in [0.2, 0.25) is 0 Å². The first kappa shape index (κ1) is 13.5. The van der Waals surface area contributed by atoms with Crippen LogP contribution in [0.15, 0.2) is 22.7 Å². The Bertz CT molecular complexity index is 450. The second-order valence-corrected chi connectivity index (χ2v) is 5.25. The van der Waals surface area contributed by atoms with Crippen molar-refractivity contribution in [2.24, 2.45) is 0 Å². The van der Waals surface area contributed by atoms with Crippen molar-refractivity contribution in [2.75, 3.05) is 31.2 Å². The molecule has 1 heterocycles. The Balaban J connectivity index is 2.29. The molecule has 1 aliphatic heterocycles. The molecule has 1 saturated heterocycles. The Morgan fingerprint density at radius 1 is 1.61 bits per heavy atom.